The van der Waals surface area contributed by atoms with Gasteiger partial charge in [-0.2, -0.15) is 0 Å². The van der Waals surface area contributed by atoms with E-state index in [2.05, 4.69) is 4.74 Å². The number of ether oxygens (including phenoxy) is 1. The van der Waals surface area contributed by atoms with E-state index in [1.165, 1.54) is 13.2 Å². The van der Waals surface area contributed by atoms with E-state index in [1.807, 2.05) is 0 Å². The van der Waals surface area contributed by atoms with E-state index in [0.717, 1.165) is 12.1 Å². The number of carbonyl (C=O) groups is 1. The molecular weight excluding hydrogens is 297 g/mol. The van der Waals surface area contributed by atoms with Crippen LogP contribution in [-0.4, -0.2) is 27.2 Å². The second-order valence-electron chi connectivity index (χ2n) is 5.68. The molecule has 0 bridgehead atoms. The lowest BCUT2D eigenvalue weighted by Crippen LogP contribution is -2.22. The van der Waals surface area contributed by atoms with Gasteiger partial charge in [-0.1, -0.05) is 0 Å². The first-order valence-corrected chi connectivity index (χ1v) is 8.38. The first-order chi connectivity index (χ1) is 9.73. The number of anilines is 1. The van der Waals surface area contributed by atoms with Crippen LogP contribution in [0.15, 0.2) is 18.2 Å². The molecule has 0 heterocycles. The highest BCUT2D eigenvalue weighted by molar-refractivity contribution is 7.90. The number of benzene rings is 1. The standard InChI is InChI=1S/C14H18FNO4S/c1-20-13(17)7-14(2-3-14)9-21(18,19)8-10-4-11(15)6-12(16)5-10/h4-6H,2-3,7-9,16H2,1H3. The van der Waals surface area contributed by atoms with Gasteiger partial charge in [-0.3, -0.25) is 4.79 Å². The number of carbonyl (C=O) groups excluding carboxylic acids is 1. The Labute approximate surface area is 123 Å². The summed E-state index contributed by atoms with van der Waals surface area (Å²) >= 11 is 0. The Hall–Kier alpha value is -1.63. The fourth-order valence-electron chi connectivity index (χ4n) is 2.46. The van der Waals surface area contributed by atoms with Crippen molar-refractivity contribution in [2.75, 3.05) is 18.6 Å². The number of nitrogens with two attached hydrogens (primary N) is 1. The molecule has 0 spiro atoms. The van der Waals surface area contributed by atoms with Crippen LogP contribution in [0.4, 0.5) is 10.1 Å². The Morgan fingerprint density at radius 2 is 2.05 bits per heavy atom. The highest BCUT2D eigenvalue weighted by atomic mass is 32.2. The van der Waals surface area contributed by atoms with Gasteiger partial charge in [-0.05, 0) is 42.0 Å². The second kappa shape index (κ2) is 5.63. The summed E-state index contributed by atoms with van der Waals surface area (Å²) in [5.74, 6) is -1.34. The molecule has 1 aromatic rings. The van der Waals surface area contributed by atoms with Crippen LogP contribution in [0.5, 0.6) is 0 Å². The maximum atomic E-state index is 13.2. The number of nitrogen functional groups attached to an aromatic ring is 1. The number of hydrogen-bond acceptors (Lipinski definition) is 5. The Bertz CT molecular complexity index is 633. The third kappa shape index (κ3) is 4.42. The number of sulfone groups is 1. The van der Waals surface area contributed by atoms with Gasteiger partial charge < -0.3 is 10.5 Å². The Balaban J connectivity index is 2.07. The van der Waals surface area contributed by atoms with Crippen molar-refractivity contribution in [2.45, 2.75) is 25.0 Å². The normalized spacial score (nSPS) is 16.5. The summed E-state index contributed by atoms with van der Waals surface area (Å²) in [6.07, 6.45) is 1.48. The summed E-state index contributed by atoms with van der Waals surface area (Å²) in [5.41, 5.74) is 5.51. The van der Waals surface area contributed by atoms with Gasteiger partial charge in [0.2, 0.25) is 0 Å². The fourth-order valence-corrected chi connectivity index (χ4v) is 4.56. The predicted octanol–water partition coefficient (Wildman–Crippen LogP) is 1.67. The van der Waals surface area contributed by atoms with Crippen molar-refractivity contribution in [3.63, 3.8) is 0 Å². The first-order valence-electron chi connectivity index (χ1n) is 6.56. The highest BCUT2D eigenvalue weighted by Crippen LogP contribution is 2.50. The molecule has 5 nitrogen and oxygen atoms in total. The van der Waals surface area contributed by atoms with Gasteiger partial charge in [-0.15, -0.1) is 0 Å². The average molecular weight is 315 g/mol. The molecule has 7 heteroatoms. The SMILES string of the molecule is COC(=O)CC1(CS(=O)(=O)Cc2cc(N)cc(F)c2)CC1. The quantitative estimate of drug-likeness (QED) is 0.637. The van der Waals surface area contributed by atoms with Gasteiger partial charge in [0.25, 0.3) is 0 Å². The molecule has 0 saturated heterocycles. The molecule has 1 aliphatic rings. The lowest BCUT2D eigenvalue weighted by molar-refractivity contribution is -0.141. The number of methoxy groups -OCH3 is 1. The van der Waals surface area contributed by atoms with Crippen LogP contribution in [-0.2, 0) is 25.1 Å². The van der Waals surface area contributed by atoms with Crippen LogP contribution in [0.1, 0.15) is 24.8 Å². The molecule has 2 rings (SSSR count). The summed E-state index contributed by atoms with van der Waals surface area (Å²) < 4.78 is 42.3. The summed E-state index contributed by atoms with van der Waals surface area (Å²) in [6.45, 7) is 0. The third-order valence-corrected chi connectivity index (χ3v) is 5.42. The molecule has 0 aliphatic heterocycles. The van der Waals surface area contributed by atoms with Gasteiger partial charge >= 0.3 is 5.97 Å². The van der Waals surface area contributed by atoms with Gasteiger partial charge in [0.1, 0.15) is 5.82 Å². The molecule has 0 radical (unpaired) electrons. The number of hydrogen-bond donors (Lipinski definition) is 1. The summed E-state index contributed by atoms with van der Waals surface area (Å²) in [7, 11) is -2.17. The third-order valence-electron chi connectivity index (χ3n) is 3.60. The molecule has 0 aromatic heterocycles. The molecule has 0 amide bonds. The van der Waals surface area contributed by atoms with Crippen molar-refractivity contribution < 1.29 is 22.3 Å². The van der Waals surface area contributed by atoms with Crippen molar-refractivity contribution in [3.8, 4) is 0 Å². The molecular formula is C14H18FNO4S. The fraction of sp³-hybridized carbons (Fsp3) is 0.500. The molecule has 0 atom stereocenters. The molecule has 1 aromatic carbocycles. The van der Waals surface area contributed by atoms with Crippen molar-refractivity contribution in [3.05, 3.63) is 29.6 Å². The zero-order chi connectivity index (χ0) is 15.7. The minimum atomic E-state index is -3.45. The van der Waals surface area contributed by atoms with Crippen LogP contribution in [0.2, 0.25) is 0 Å². The molecule has 116 valence electrons. The predicted molar refractivity (Wildman–Crippen MR) is 76.6 cm³/mol. The van der Waals surface area contributed by atoms with E-state index in [1.54, 1.807) is 0 Å². The van der Waals surface area contributed by atoms with Crippen molar-refractivity contribution in [1.82, 2.24) is 0 Å². The van der Waals surface area contributed by atoms with Gasteiger partial charge in [0, 0.05) is 5.69 Å². The smallest absolute Gasteiger partial charge is 0.306 e. The van der Waals surface area contributed by atoms with Crippen molar-refractivity contribution in [1.29, 1.82) is 0 Å². The number of rotatable bonds is 6. The maximum Gasteiger partial charge on any atom is 0.306 e. The van der Waals surface area contributed by atoms with E-state index < -0.39 is 27.0 Å². The largest absolute Gasteiger partial charge is 0.469 e. The van der Waals surface area contributed by atoms with Crippen molar-refractivity contribution in [2.24, 2.45) is 5.41 Å². The van der Waals surface area contributed by atoms with Gasteiger partial charge in [0.15, 0.2) is 9.84 Å². The van der Waals surface area contributed by atoms with Gasteiger partial charge in [0.05, 0.1) is 25.0 Å². The number of halogens is 1. The minimum absolute atomic E-state index is 0.0917. The minimum Gasteiger partial charge on any atom is -0.469 e. The molecule has 1 fully saturated rings. The second-order valence-corrected chi connectivity index (χ2v) is 7.74. The Morgan fingerprint density at radius 3 is 2.57 bits per heavy atom. The highest BCUT2D eigenvalue weighted by Gasteiger charge is 2.47. The van der Waals surface area contributed by atoms with Crippen LogP contribution in [0, 0.1) is 11.2 Å². The van der Waals surface area contributed by atoms with E-state index in [-0.39, 0.29) is 23.6 Å². The lowest BCUT2D eigenvalue weighted by atomic mass is 10.1. The van der Waals surface area contributed by atoms with Crippen LogP contribution >= 0.6 is 0 Å². The summed E-state index contributed by atoms with van der Waals surface area (Å²) in [5, 5.41) is 0. The Morgan fingerprint density at radius 1 is 1.38 bits per heavy atom. The number of esters is 1. The topological polar surface area (TPSA) is 86.5 Å². The maximum absolute atomic E-state index is 13.2. The van der Waals surface area contributed by atoms with Crippen molar-refractivity contribution >= 4 is 21.5 Å². The van der Waals surface area contributed by atoms with Crippen LogP contribution in [0.3, 0.4) is 0 Å². The van der Waals surface area contributed by atoms with E-state index in [9.17, 15) is 17.6 Å². The molecule has 0 unspecified atom stereocenters. The lowest BCUT2D eigenvalue weighted by Gasteiger charge is -2.14. The monoisotopic (exact) mass is 315 g/mol. The molecule has 1 aliphatic carbocycles. The molecule has 1 saturated carbocycles. The zero-order valence-corrected chi connectivity index (χ0v) is 12.6. The zero-order valence-electron chi connectivity index (χ0n) is 11.8. The van der Waals surface area contributed by atoms with Crippen LogP contribution < -0.4 is 5.73 Å². The molecule has 2 N–H and O–H groups in total. The Kier molecular flexibility index (Phi) is 4.22. The van der Waals surface area contributed by atoms with Crippen LogP contribution in [0.25, 0.3) is 0 Å². The first kappa shape index (κ1) is 15.8. The average Bonchev–Trinajstić information content (AvgIpc) is 3.04. The summed E-state index contributed by atoms with van der Waals surface area (Å²) in [6, 6.07) is 3.74. The van der Waals surface area contributed by atoms with E-state index >= 15 is 0 Å². The van der Waals surface area contributed by atoms with Gasteiger partial charge in [-0.25, -0.2) is 12.8 Å². The summed E-state index contributed by atoms with van der Waals surface area (Å²) in [4.78, 5) is 11.3. The molecule has 21 heavy (non-hydrogen) atoms. The van der Waals surface area contributed by atoms with E-state index in [4.69, 9.17) is 5.73 Å². The van der Waals surface area contributed by atoms with E-state index in [0.29, 0.717) is 18.4 Å².